The van der Waals surface area contributed by atoms with Gasteiger partial charge in [-0.15, -0.1) is 0 Å². The molecule has 1 atom stereocenters. The third-order valence-corrected chi connectivity index (χ3v) is 2.70. The van der Waals surface area contributed by atoms with Crippen molar-refractivity contribution in [3.05, 3.63) is 6.33 Å². The lowest BCUT2D eigenvalue weighted by Gasteiger charge is -2.21. The number of anilines is 2. The average Bonchev–Trinajstić information content (AvgIpc) is 2.43. The van der Waals surface area contributed by atoms with Crippen molar-refractivity contribution in [3.8, 4) is 5.88 Å². The van der Waals surface area contributed by atoms with Gasteiger partial charge in [0.25, 0.3) is 0 Å². The van der Waals surface area contributed by atoms with E-state index in [-0.39, 0.29) is 17.6 Å². The van der Waals surface area contributed by atoms with Gasteiger partial charge >= 0.3 is 5.97 Å². The van der Waals surface area contributed by atoms with Crippen molar-refractivity contribution in [2.75, 3.05) is 24.8 Å². The fraction of sp³-hybridized carbons (Fsp3) is 0.615. The Balaban J connectivity index is 2.92. The summed E-state index contributed by atoms with van der Waals surface area (Å²) in [5.74, 6) is 0.345. The van der Waals surface area contributed by atoms with Gasteiger partial charge in [0.05, 0.1) is 13.7 Å². The molecular weight excluding hydrogens is 260 g/mol. The minimum Gasteiger partial charge on any atom is -0.476 e. The number of carbonyl (C=O) groups is 1. The van der Waals surface area contributed by atoms with Gasteiger partial charge in [-0.1, -0.05) is 20.8 Å². The van der Waals surface area contributed by atoms with Crippen molar-refractivity contribution >= 4 is 17.5 Å². The molecule has 0 aliphatic rings. The van der Waals surface area contributed by atoms with Gasteiger partial charge < -0.3 is 20.5 Å². The number of nitrogen functional groups attached to an aromatic ring is 1. The Morgan fingerprint density at radius 2 is 2.15 bits per heavy atom. The highest BCUT2D eigenvalue weighted by Gasteiger charge is 2.24. The van der Waals surface area contributed by atoms with E-state index in [0.717, 1.165) is 6.42 Å². The van der Waals surface area contributed by atoms with Crippen LogP contribution in [0.25, 0.3) is 0 Å². The van der Waals surface area contributed by atoms with Crippen LogP contribution in [0.5, 0.6) is 5.88 Å². The van der Waals surface area contributed by atoms with Crippen LogP contribution in [0.1, 0.15) is 27.2 Å². The molecule has 0 amide bonds. The predicted octanol–water partition coefficient (Wildman–Crippen LogP) is 1.46. The largest absolute Gasteiger partial charge is 0.476 e. The van der Waals surface area contributed by atoms with Gasteiger partial charge in [0.1, 0.15) is 18.1 Å². The molecule has 0 bridgehead atoms. The number of hydrogen-bond donors (Lipinski definition) is 2. The lowest BCUT2D eigenvalue weighted by atomic mass is 10.0. The molecule has 7 heteroatoms. The van der Waals surface area contributed by atoms with Crippen molar-refractivity contribution in [3.63, 3.8) is 0 Å². The molecule has 20 heavy (non-hydrogen) atoms. The zero-order chi connectivity index (χ0) is 15.1. The van der Waals surface area contributed by atoms with E-state index in [0.29, 0.717) is 18.3 Å². The van der Waals surface area contributed by atoms with Gasteiger partial charge in [0.2, 0.25) is 5.88 Å². The van der Waals surface area contributed by atoms with Crippen molar-refractivity contribution in [2.45, 2.75) is 33.2 Å². The molecule has 1 heterocycles. The Morgan fingerprint density at radius 1 is 1.45 bits per heavy atom. The first-order valence-corrected chi connectivity index (χ1v) is 6.58. The van der Waals surface area contributed by atoms with E-state index >= 15 is 0 Å². The lowest BCUT2D eigenvalue weighted by molar-refractivity contribution is -0.142. The summed E-state index contributed by atoms with van der Waals surface area (Å²) in [5, 5.41) is 2.98. The van der Waals surface area contributed by atoms with Crippen LogP contribution in [0, 0.1) is 5.92 Å². The Hall–Kier alpha value is -2.05. The summed E-state index contributed by atoms with van der Waals surface area (Å²) >= 11 is 0. The van der Waals surface area contributed by atoms with Crippen molar-refractivity contribution in [1.82, 2.24) is 9.97 Å². The smallest absolute Gasteiger partial charge is 0.328 e. The molecule has 0 aliphatic carbocycles. The van der Waals surface area contributed by atoms with Crippen molar-refractivity contribution in [2.24, 2.45) is 5.92 Å². The van der Waals surface area contributed by atoms with Gasteiger partial charge in [0, 0.05) is 0 Å². The number of methoxy groups -OCH3 is 1. The first kappa shape index (κ1) is 16.0. The molecule has 112 valence electrons. The highest BCUT2D eigenvalue weighted by molar-refractivity contribution is 5.81. The van der Waals surface area contributed by atoms with Crippen molar-refractivity contribution < 1.29 is 14.3 Å². The Kier molecular flexibility index (Phi) is 6.02. The van der Waals surface area contributed by atoms with E-state index < -0.39 is 6.04 Å². The molecule has 0 aromatic carbocycles. The maximum absolute atomic E-state index is 11.7. The molecule has 0 saturated heterocycles. The van der Waals surface area contributed by atoms with E-state index in [2.05, 4.69) is 15.3 Å². The summed E-state index contributed by atoms with van der Waals surface area (Å²) in [6.45, 7) is 6.31. The predicted molar refractivity (Wildman–Crippen MR) is 76.5 cm³/mol. The van der Waals surface area contributed by atoms with Crippen LogP contribution in [-0.2, 0) is 9.53 Å². The summed E-state index contributed by atoms with van der Waals surface area (Å²) in [4.78, 5) is 19.8. The molecule has 0 aliphatic heterocycles. The highest BCUT2D eigenvalue weighted by atomic mass is 16.5. The number of aromatic nitrogens is 2. The number of esters is 1. The average molecular weight is 282 g/mol. The molecule has 1 aromatic rings. The summed E-state index contributed by atoms with van der Waals surface area (Å²) in [6, 6.07) is -0.531. The first-order valence-electron chi connectivity index (χ1n) is 6.58. The molecule has 0 saturated carbocycles. The second-order valence-electron chi connectivity index (χ2n) is 4.68. The lowest BCUT2D eigenvalue weighted by Crippen LogP contribution is -2.36. The summed E-state index contributed by atoms with van der Waals surface area (Å²) in [5.41, 5.74) is 6.24. The van der Waals surface area contributed by atoms with Crippen LogP contribution in [0.4, 0.5) is 11.5 Å². The number of nitrogens with zero attached hydrogens (tertiary/aromatic N) is 2. The van der Waals surface area contributed by atoms with E-state index in [4.69, 9.17) is 15.2 Å². The zero-order valence-electron chi connectivity index (χ0n) is 12.3. The topological polar surface area (TPSA) is 99.4 Å². The Labute approximate surface area is 118 Å². The number of ether oxygens (including phenoxy) is 2. The van der Waals surface area contributed by atoms with Crippen LogP contribution in [0.3, 0.4) is 0 Å². The molecular formula is C13H22N4O3. The Morgan fingerprint density at radius 3 is 2.70 bits per heavy atom. The third-order valence-electron chi connectivity index (χ3n) is 2.70. The molecule has 7 nitrogen and oxygen atoms in total. The minimum absolute atomic E-state index is 0.0248. The van der Waals surface area contributed by atoms with Crippen molar-refractivity contribution in [1.29, 1.82) is 0 Å². The normalized spacial score (nSPS) is 12.1. The SMILES string of the molecule is CCCOc1ncnc(NC(C(=O)OC)C(C)C)c1N. The number of carbonyl (C=O) groups excluding carboxylic acids is 1. The molecule has 0 radical (unpaired) electrons. The Bertz CT molecular complexity index is 451. The first-order chi connectivity index (χ1) is 9.51. The second kappa shape index (κ2) is 7.52. The van der Waals surface area contributed by atoms with E-state index in [1.807, 2.05) is 20.8 Å². The highest BCUT2D eigenvalue weighted by Crippen LogP contribution is 2.26. The molecule has 3 N–H and O–H groups in total. The second-order valence-corrected chi connectivity index (χ2v) is 4.68. The summed E-state index contributed by atoms with van der Waals surface area (Å²) in [7, 11) is 1.35. The fourth-order valence-electron chi connectivity index (χ4n) is 1.58. The molecule has 0 spiro atoms. The molecule has 1 unspecified atom stereocenters. The van der Waals surface area contributed by atoms with Crippen LogP contribution in [0.15, 0.2) is 6.33 Å². The van der Waals surface area contributed by atoms with Gasteiger partial charge in [-0.3, -0.25) is 0 Å². The zero-order valence-corrected chi connectivity index (χ0v) is 12.3. The van der Waals surface area contributed by atoms with E-state index in [9.17, 15) is 4.79 Å². The van der Waals surface area contributed by atoms with Crippen LogP contribution in [-0.4, -0.2) is 35.7 Å². The van der Waals surface area contributed by atoms with E-state index in [1.54, 1.807) is 0 Å². The molecule has 0 fully saturated rings. The quantitative estimate of drug-likeness (QED) is 0.730. The third kappa shape index (κ3) is 3.97. The van der Waals surface area contributed by atoms with E-state index in [1.165, 1.54) is 13.4 Å². The number of hydrogen-bond acceptors (Lipinski definition) is 7. The van der Waals surface area contributed by atoms with Gasteiger partial charge in [-0.25, -0.2) is 9.78 Å². The molecule has 1 aromatic heterocycles. The van der Waals surface area contributed by atoms with Crippen LogP contribution in [0.2, 0.25) is 0 Å². The minimum atomic E-state index is -0.531. The van der Waals surface area contributed by atoms with Gasteiger partial charge in [0.15, 0.2) is 5.82 Å². The number of nitrogens with two attached hydrogens (primary N) is 1. The van der Waals surface area contributed by atoms with Gasteiger partial charge in [-0.2, -0.15) is 4.98 Å². The van der Waals surface area contributed by atoms with Crippen LogP contribution >= 0.6 is 0 Å². The standard InChI is InChI=1S/C13H22N4O3/c1-5-6-20-12-9(14)11(15-7-16-12)17-10(8(2)3)13(18)19-4/h7-8,10H,5-6,14H2,1-4H3,(H,15,16,17). The maximum atomic E-state index is 11.7. The summed E-state index contributed by atoms with van der Waals surface area (Å²) in [6.07, 6.45) is 2.20. The molecule has 1 rings (SSSR count). The van der Waals surface area contributed by atoms with Gasteiger partial charge in [-0.05, 0) is 12.3 Å². The maximum Gasteiger partial charge on any atom is 0.328 e. The number of rotatable bonds is 7. The monoisotopic (exact) mass is 282 g/mol. The number of nitrogens with one attached hydrogen (secondary N) is 1. The fourth-order valence-corrected chi connectivity index (χ4v) is 1.58. The van der Waals surface area contributed by atoms with Crippen LogP contribution < -0.4 is 15.8 Å². The summed E-state index contributed by atoms with van der Waals surface area (Å²) < 4.78 is 10.2.